The Labute approximate surface area is 86.4 Å². The van der Waals surface area contributed by atoms with Crippen LogP contribution in [0.5, 0.6) is 0 Å². The number of hydrogen-bond donors (Lipinski definition) is 0. The molecule has 0 unspecified atom stereocenters. The lowest BCUT2D eigenvalue weighted by molar-refractivity contribution is 1.01. The van der Waals surface area contributed by atoms with E-state index < -0.39 is 0 Å². The molecule has 0 spiro atoms. The smallest absolute Gasteiger partial charge is 0.130 e. The van der Waals surface area contributed by atoms with E-state index >= 15 is 0 Å². The number of rotatable bonds is 2. The monoisotopic (exact) mass is 193 g/mol. The summed E-state index contributed by atoms with van der Waals surface area (Å²) in [6, 6.07) is 2.11. The summed E-state index contributed by atoms with van der Waals surface area (Å²) >= 11 is 0. The first-order valence-electron chi connectivity index (χ1n) is 4.76. The number of pyridine rings is 1. The maximum absolute atomic E-state index is 4.51. The van der Waals surface area contributed by atoms with Gasteiger partial charge in [-0.15, -0.1) is 0 Å². The van der Waals surface area contributed by atoms with Crippen molar-refractivity contribution >= 4 is 11.5 Å². The molecule has 78 valence electrons. The lowest BCUT2D eigenvalue weighted by atomic mass is 10.1. The van der Waals surface area contributed by atoms with Crippen LogP contribution in [-0.4, -0.2) is 33.2 Å². The van der Waals surface area contributed by atoms with Crippen LogP contribution in [0.4, 0.5) is 11.5 Å². The maximum Gasteiger partial charge on any atom is 0.130 e. The highest BCUT2D eigenvalue weighted by molar-refractivity contribution is 5.60. The highest BCUT2D eigenvalue weighted by Gasteiger charge is 2.08. The molecule has 0 N–H and O–H groups in total. The van der Waals surface area contributed by atoms with E-state index in [4.69, 9.17) is 0 Å². The van der Waals surface area contributed by atoms with E-state index in [0.29, 0.717) is 0 Å². The van der Waals surface area contributed by atoms with Gasteiger partial charge in [-0.2, -0.15) is 0 Å². The van der Waals surface area contributed by atoms with Gasteiger partial charge in [0.1, 0.15) is 5.82 Å². The number of anilines is 2. The molecule has 0 aliphatic rings. The Kier molecular flexibility index (Phi) is 2.99. The molecule has 0 radical (unpaired) electrons. The van der Waals surface area contributed by atoms with Crippen LogP contribution in [0.1, 0.15) is 11.3 Å². The van der Waals surface area contributed by atoms with Crippen LogP contribution in [0.3, 0.4) is 0 Å². The summed E-state index contributed by atoms with van der Waals surface area (Å²) in [7, 11) is 8.13. The van der Waals surface area contributed by atoms with Crippen molar-refractivity contribution in [1.29, 1.82) is 0 Å². The van der Waals surface area contributed by atoms with Crippen LogP contribution in [0.2, 0.25) is 0 Å². The lowest BCUT2D eigenvalue weighted by Crippen LogP contribution is -2.16. The van der Waals surface area contributed by atoms with Crippen LogP contribution in [-0.2, 0) is 0 Å². The number of aromatic nitrogens is 1. The maximum atomic E-state index is 4.51. The molecule has 1 aromatic rings. The van der Waals surface area contributed by atoms with Crippen molar-refractivity contribution in [3.05, 3.63) is 17.3 Å². The highest BCUT2D eigenvalue weighted by atomic mass is 15.1. The fourth-order valence-corrected chi connectivity index (χ4v) is 1.40. The first-order chi connectivity index (χ1) is 6.43. The van der Waals surface area contributed by atoms with Crippen molar-refractivity contribution in [2.45, 2.75) is 13.8 Å². The molecule has 0 aliphatic carbocycles. The van der Waals surface area contributed by atoms with Gasteiger partial charge in [-0.25, -0.2) is 4.98 Å². The van der Waals surface area contributed by atoms with Gasteiger partial charge in [0, 0.05) is 45.6 Å². The number of aryl methyl sites for hydroxylation is 1. The van der Waals surface area contributed by atoms with Crippen molar-refractivity contribution < 1.29 is 0 Å². The SMILES string of the molecule is Cc1nc(N(C)C)cc(N(C)C)c1C. The zero-order chi connectivity index (χ0) is 10.9. The summed E-state index contributed by atoms with van der Waals surface area (Å²) in [6.07, 6.45) is 0. The zero-order valence-electron chi connectivity index (χ0n) is 9.92. The van der Waals surface area contributed by atoms with E-state index in [1.165, 1.54) is 11.3 Å². The molecule has 1 heterocycles. The molecule has 0 saturated carbocycles. The van der Waals surface area contributed by atoms with E-state index in [9.17, 15) is 0 Å². The van der Waals surface area contributed by atoms with E-state index in [1.807, 2.05) is 19.0 Å². The van der Waals surface area contributed by atoms with E-state index in [0.717, 1.165) is 11.5 Å². The normalized spacial score (nSPS) is 10.1. The summed E-state index contributed by atoms with van der Waals surface area (Å²) in [5, 5.41) is 0. The standard InChI is InChI=1S/C11H19N3/c1-8-9(2)12-11(14(5)6)7-10(8)13(3)4/h7H,1-6H3. The Hall–Kier alpha value is -1.25. The lowest BCUT2D eigenvalue weighted by Gasteiger charge is -2.20. The number of nitrogens with zero attached hydrogens (tertiary/aromatic N) is 3. The molecule has 0 bridgehead atoms. The first-order valence-corrected chi connectivity index (χ1v) is 4.76. The van der Waals surface area contributed by atoms with Gasteiger partial charge in [-0.05, 0) is 19.4 Å². The van der Waals surface area contributed by atoms with E-state index in [-0.39, 0.29) is 0 Å². The minimum atomic E-state index is 1.01. The molecule has 3 nitrogen and oxygen atoms in total. The Morgan fingerprint density at radius 3 is 2.00 bits per heavy atom. The quantitative estimate of drug-likeness (QED) is 0.714. The van der Waals surface area contributed by atoms with Crippen molar-refractivity contribution in [1.82, 2.24) is 4.98 Å². The van der Waals surface area contributed by atoms with Crippen LogP contribution in [0.15, 0.2) is 6.07 Å². The van der Waals surface area contributed by atoms with Gasteiger partial charge in [0.15, 0.2) is 0 Å². The first kappa shape index (κ1) is 10.8. The van der Waals surface area contributed by atoms with E-state index in [1.54, 1.807) is 0 Å². The van der Waals surface area contributed by atoms with Gasteiger partial charge in [0.2, 0.25) is 0 Å². The molecule has 0 fully saturated rings. The average Bonchev–Trinajstić information content (AvgIpc) is 2.08. The Bertz CT molecular complexity index is 330. The van der Waals surface area contributed by atoms with Gasteiger partial charge in [0.05, 0.1) is 0 Å². The Morgan fingerprint density at radius 2 is 1.57 bits per heavy atom. The topological polar surface area (TPSA) is 19.4 Å². The largest absolute Gasteiger partial charge is 0.377 e. The van der Waals surface area contributed by atoms with Crippen molar-refractivity contribution in [2.75, 3.05) is 38.0 Å². The van der Waals surface area contributed by atoms with Gasteiger partial charge in [-0.1, -0.05) is 0 Å². The molecule has 0 aliphatic heterocycles. The van der Waals surface area contributed by atoms with Gasteiger partial charge in [0.25, 0.3) is 0 Å². The van der Waals surface area contributed by atoms with Crippen molar-refractivity contribution in [3.8, 4) is 0 Å². The second-order valence-electron chi connectivity index (χ2n) is 4.00. The summed E-state index contributed by atoms with van der Waals surface area (Å²) < 4.78 is 0. The summed E-state index contributed by atoms with van der Waals surface area (Å²) in [6.45, 7) is 4.16. The fourth-order valence-electron chi connectivity index (χ4n) is 1.40. The number of hydrogen-bond acceptors (Lipinski definition) is 3. The van der Waals surface area contributed by atoms with Crippen LogP contribution in [0.25, 0.3) is 0 Å². The molecule has 14 heavy (non-hydrogen) atoms. The van der Waals surface area contributed by atoms with Gasteiger partial charge >= 0.3 is 0 Å². The van der Waals surface area contributed by atoms with Crippen LogP contribution >= 0.6 is 0 Å². The summed E-state index contributed by atoms with van der Waals surface area (Å²) in [4.78, 5) is 8.66. The van der Waals surface area contributed by atoms with Gasteiger partial charge < -0.3 is 9.80 Å². The molecular weight excluding hydrogens is 174 g/mol. The summed E-state index contributed by atoms with van der Waals surface area (Å²) in [5.41, 5.74) is 3.58. The fraction of sp³-hybridized carbons (Fsp3) is 0.545. The van der Waals surface area contributed by atoms with Crippen molar-refractivity contribution in [3.63, 3.8) is 0 Å². The summed E-state index contributed by atoms with van der Waals surface area (Å²) in [5.74, 6) is 1.01. The van der Waals surface area contributed by atoms with E-state index in [2.05, 4.69) is 43.9 Å². The third kappa shape index (κ3) is 1.97. The molecule has 1 rings (SSSR count). The van der Waals surface area contributed by atoms with Gasteiger partial charge in [-0.3, -0.25) is 0 Å². The molecule has 0 aromatic carbocycles. The molecule has 0 saturated heterocycles. The third-order valence-corrected chi connectivity index (χ3v) is 2.41. The second kappa shape index (κ2) is 3.86. The predicted molar refractivity (Wildman–Crippen MR) is 62.4 cm³/mol. The third-order valence-electron chi connectivity index (χ3n) is 2.41. The highest BCUT2D eigenvalue weighted by Crippen LogP contribution is 2.24. The van der Waals surface area contributed by atoms with Crippen LogP contribution in [0, 0.1) is 13.8 Å². The predicted octanol–water partition coefficient (Wildman–Crippen LogP) is 1.83. The Morgan fingerprint density at radius 1 is 1.00 bits per heavy atom. The molecule has 1 aromatic heterocycles. The minimum Gasteiger partial charge on any atom is -0.377 e. The van der Waals surface area contributed by atoms with Crippen molar-refractivity contribution in [2.24, 2.45) is 0 Å². The minimum absolute atomic E-state index is 1.01. The Balaban J connectivity index is 3.28. The second-order valence-corrected chi connectivity index (χ2v) is 4.00. The molecule has 0 amide bonds. The molecule has 3 heteroatoms. The zero-order valence-corrected chi connectivity index (χ0v) is 9.92. The molecule has 0 atom stereocenters. The van der Waals surface area contributed by atoms with Crippen LogP contribution < -0.4 is 9.80 Å². The molecular formula is C11H19N3. The average molecular weight is 193 g/mol.